The molecule has 5 nitrogen and oxygen atoms in total. The van der Waals surface area contributed by atoms with Gasteiger partial charge in [0, 0.05) is 5.02 Å². The van der Waals surface area contributed by atoms with Crippen molar-refractivity contribution in [3.63, 3.8) is 0 Å². The molecule has 0 amide bonds. The average Bonchev–Trinajstić information content (AvgIpc) is 3.32. The van der Waals surface area contributed by atoms with E-state index in [1.165, 1.54) is 76.4 Å². The van der Waals surface area contributed by atoms with Crippen LogP contribution in [0.25, 0.3) is 11.0 Å². The Hall–Kier alpha value is -2.24. The molecule has 0 unspecified atom stereocenters. The standard InChI is InChI=1S/C29H38ClN3O2/c30-24-10-12-25(13-11-24)34-20-27-32-26-14-9-23(8-4-7-21-15-17-31-18-16-21)29(28(26)33-27)35-19-22-5-2-1-3-6-22/h9-14,21-22,31H,1-8,15-20H2,(H,32,33). The van der Waals surface area contributed by atoms with E-state index in [9.17, 15) is 0 Å². The molecule has 35 heavy (non-hydrogen) atoms. The van der Waals surface area contributed by atoms with Crippen LogP contribution < -0.4 is 14.8 Å². The highest BCUT2D eigenvalue weighted by molar-refractivity contribution is 6.30. The van der Waals surface area contributed by atoms with Crippen LogP contribution in [-0.4, -0.2) is 29.7 Å². The summed E-state index contributed by atoms with van der Waals surface area (Å²) in [6, 6.07) is 11.8. The lowest BCUT2D eigenvalue weighted by atomic mass is 9.90. The van der Waals surface area contributed by atoms with Crippen LogP contribution in [0.4, 0.5) is 0 Å². The van der Waals surface area contributed by atoms with Crippen LogP contribution >= 0.6 is 11.6 Å². The summed E-state index contributed by atoms with van der Waals surface area (Å²) in [7, 11) is 0. The number of aryl methyl sites for hydroxylation is 1. The first-order valence-electron chi connectivity index (χ1n) is 13.5. The van der Waals surface area contributed by atoms with Crippen molar-refractivity contribution in [1.29, 1.82) is 0 Å². The van der Waals surface area contributed by atoms with Gasteiger partial charge in [-0.25, -0.2) is 4.98 Å². The second-order valence-corrected chi connectivity index (χ2v) is 10.7. The Bertz CT molecular complexity index is 1070. The van der Waals surface area contributed by atoms with Crippen molar-refractivity contribution < 1.29 is 9.47 Å². The summed E-state index contributed by atoms with van der Waals surface area (Å²) in [5, 5.41) is 4.18. The Balaban J connectivity index is 1.30. The number of ether oxygens (including phenoxy) is 2. The molecule has 6 heteroatoms. The zero-order chi connectivity index (χ0) is 23.9. The van der Waals surface area contributed by atoms with Crippen molar-refractivity contribution >= 4 is 22.6 Å². The highest BCUT2D eigenvalue weighted by Gasteiger charge is 2.19. The lowest BCUT2D eigenvalue weighted by molar-refractivity contribution is 0.209. The molecule has 0 bridgehead atoms. The smallest absolute Gasteiger partial charge is 0.150 e. The van der Waals surface area contributed by atoms with Crippen LogP contribution in [0.1, 0.15) is 69.2 Å². The maximum atomic E-state index is 6.57. The number of H-pyrrole nitrogens is 1. The fraction of sp³-hybridized carbons (Fsp3) is 0.552. The molecular formula is C29H38ClN3O2. The van der Waals surface area contributed by atoms with Gasteiger partial charge in [0.15, 0.2) is 0 Å². The summed E-state index contributed by atoms with van der Waals surface area (Å²) in [6.07, 6.45) is 12.7. The van der Waals surface area contributed by atoms with E-state index >= 15 is 0 Å². The monoisotopic (exact) mass is 495 g/mol. The first-order chi connectivity index (χ1) is 17.2. The van der Waals surface area contributed by atoms with E-state index in [2.05, 4.69) is 22.4 Å². The second-order valence-electron chi connectivity index (χ2n) is 10.3. The Morgan fingerprint density at radius 3 is 2.49 bits per heavy atom. The Kier molecular flexibility index (Phi) is 8.48. The fourth-order valence-corrected chi connectivity index (χ4v) is 5.68. The molecular weight excluding hydrogens is 458 g/mol. The summed E-state index contributed by atoms with van der Waals surface area (Å²) in [5.41, 5.74) is 3.24. The summed E-state index contributed by atoms with van der Waals surface area (Å²) < 4.78 is 12.5. The van der Waals surface area contributed by atoms with Crippen molar-refractivity contribution in [2.24, 2.45) is 11.8 Å². The normalized spacial score (nSPS) is 17.6. The van der Waals surface area contributed by atoms with Gasteiger partial charge >= 0.3 is 0 Å². The van der Waals surface area contributed by atoms with Gasteiger partial charge in [-0.15, -0.1) is 0 Å². The lowest BCUT2D eigenvalue weighted by Gasteiger charge is -2.23. The van der Waals surface area contributed by atoms with Crippen LogP contribution in [0, 0.1) is 11.8 Å². The summed E-state index contributed by atoms with van der Waals surface area (Å²) in [6.45, 7) is 3.51. The predicted molar refractivity (Wildman–Crippen MR) is 142 cm³/mol. The van der Waals surface area contributed by atoms with Gasteiger partial charge in [0.05, 0.1) is 12.1 Å². The minimum atomic E-state index is 0.378. The van der Waals surface area contributed by atoms with Crippen LogP contribution in [0.5, 0.6) is 11.5 Å². The predicted octanol–water partition coefficient (Wildman–Crippen LogP) is 7.08. The molecule has 2 heterocycles. The molecule has 1 saturated heterocycles. The number of rotatable bonds is 10. The van der Waals surface area contributed by atoms with Gasteiger partial charge in [-0.2, -0.15) is 0 Å². The third kappa shape index (κ3) is 6.71. The molecule has 0 radical (unpaired) electrons. The van der Waals surface area contributed by atoms with E-state index in [1.54, 1.807) is 0 Å². The zero-order valence-corrected chi connectivity index (χ0v) is 21.4. The molecule has 2 aliphatic rings. The summed E-state index contributed by atoms with van der Waals surface area (Å²) in [4.78, 5) is 8.37. The van der Waals surface area contributed by atoms with Crippen LogP contribution in [0.2, 0.25) is 5.02 Å². The molecule has 0 spiro atoms. The van der Waals surface area contributed by atoms with E-state index in [1.807, 2.05) is 24.3 Å². The number of aromatic nitrogens is 2. The third-order valence-corrected chi connectivity index (χ3v) is 7.89. The highest BCUT2D eigenvalue weighted by Crippen LogP contribution is 2.33. The van der Waals surface area contributed by atoms with Crippen LogP contribution in [0.3, 0.4) is 0 Å². The number of aromatic amines is 1. The summed E-state index contributed by atoms with van der Waals surface area (Å²) >= 11 is 5.99. The van der Waals surface area contributed by atoms with E-state index in [-0.39, 0.29) is 0 Å². The number of hydrogen-bond donors (Lipinski definition) is 2. The number of hydrogen-bond acceptors (Lipinski definition) is 4. The summed E-state index contributed by atoms with van der Waals surface area (Å²) in [5.74, 6) is 4.08. The van der Waals surface area contributed by atoms with Gasteiger partial charge in [0.2, 0.25) is 0 Å². The topological polar surface area (TPSA) is 59.2 Å². The fourth-order valence-electron chi connectivity index (χ4n) is 5.56. The van der Waals surface area contributed by atoms with Gasteiger partial charge in [-0.05, 0) is 99.3 Å². The number of imidazole rings is 1. The molecule has 1 aliphatic heterocycles. The second kappa shape index (κ2) is 12.1. The number of nitrogens with one attached hydrogen (secondary N) is 2. The maximum absolute atomic E-state index is 6.57. The first-order valence-corrected chi connectivity index (χ1v) is 13.8. The van der Waals surface area contributed by atoms with Gasteiger partial charge in [0.1, 0.15) is 29.4 Å². The molecule has 0 atom stereocenters. The third-order valence-electron chi connectivity index (χ3n) is 7.63. The lowest BCUT2D eigenvalue weighted by Crippen LogP contribution is -2.27. The Morgan fingerprint density at radius 1 is 0.886 bits per heavy atom. The van der Waals surface area contributed by atoms with E-state index in [0.29, 0.717) is 17.5 Å². The SMILES string of the molecule is Clc1ccc(OCc2nc3c(OCC4CCCCC4)c(CCCC4CCNCC4)ccc3[nH]2)cc1. The number of piperidine rings is 1. The molecule has 1 saturated carbocycles. The number of nitrogens with zero attached hydrogens (tertiary/aromatic N) is 1. The molecule has 2 aromatic carbocycles. The Labute approximate surface area is 214 Å². The molecule has 188 valence electrons. The minimum Gasteiger partial charge on any atom is -0.491 e. The molecule has 3 aromatic rings. The van der Waals surface area contributed by atoms with Crippen molar-refractivity contribution in [3.05, 3.63) is 52.8 Å². The van der Waals surface area contributed by atoms with Gasteiger partial charge in [-0.1, -0.05) is 43.4 Å². The van der Waals surface area contributed by atoms with Crippen LogP contribution in [-0.2, 0) is 13.0 Å². The van der Waals surface area contributed by atoms with E-state index in [0.717, 1.165) is 47.3 Å². The van der Waals surface area contributed by atoms with E-state index < -0.39 is 0 Å². The number of halogens is 1. The average molecular weight is 496 g/mol. The highest BCUT2D eigenvalue weighted by atomic mass is 35.5. The minimum absolute atomic E-state index is 0.378. The first kappa shape index (κ1) is 24.5. The quantitative estimate of drug-likeness (QED) is 0.315. The Morgan fingerprint density at radius 2 is 1.69 bits per heavy atom. The van der Waals surface area contributed by atoms with Crippen LogP contribution in [0.15, 0.2) is 36.4 Å². The van der Waals surface area contributed by atoms with Crippen molar-refractivity contribution in [2.45, 2.75) is 70.8 Å². The van der Waals surface area contributed by atoms with Gasteiger partial charge < -0.3 is 19.8 Å². The number of fused-ring (bicyclic) bond motifs is 1. The van der Waals surface area contributed by atoms with Gasteiger partial charge in [-0.3, -0.25) is 0 Å². The largest absolute Gasteiger partial charge is 0.491 e. The molecule has 5 rings (SSSR count). The van der Waals surface area contributed by atoms with E-state index in [4.69, 9.17) is 26.1 Å². The van der Waals surface area contributed by atoms with Crippen molar-refractivity contribution in [2.75, 3.05) is 19.7 Å². The number of benzene rings is 2. The molecule has 1 aliphatic carbocycles. The van der Waals surface area contributed by atoms with Crippen molar-refractivity contribution in [1.82, 2.24) is 15.3 Å². The van der Waals surface area contributed by atoms with Gasteiger partial charge in [0.25, 0.3) is 0 Å². The molecule has 2 fully saturated rings. The molecule has 2 N–H and O–H groups in total. The zero-order valence-electron chi connectivity index (χ0n) is 20.7. The molecule has 1 aromatic heterocycles. The maximum Gasteiger partial charge on any atom is 0.150 e. The van der Waals surface area contributed by atoms with Crippen molar-refractivity contribution in [3.8, 4) is 11.5 Å².